The fourth-order valence-corrected chi connectivity index (χ4v) is 1.29. The Morgan fingerprint density at radius 2 is 2.06 bits per heavy atom. The van der Waals surface area contributed by atoms with Crippen LogP contribution in [0, 0.1) is 16.0 Å². The standard InChI is InChI=1S/C12H15NO3/c1-10(9-13(14)15)3-4-11-5-7-12(16-2)8-6-11/h3-8,10H,9H2,1-2H3/b4-3+/t10-/m1/s1. The van der Waals surface area contributed by atoms with E-state index in [9.17, 15) is 10.1 Å². The molecule has 0 aliphatic rings. The molecule has 0 spiro atoms. The first kappa shape index (κ1) is 12.2. The lowest BCUT2D eigenvalue weighted by molar-refractivity contribution is -0.485. The average molecular weight is 221 g/mol. The van der Waals surface area contributed by atoms with Crippen molar-refractivity contribution in [2.45, 2.75) is 6.92 Å². The van der Waals surface area contributed by atoms with Crippen LogP contribution >= 0.6 is 0 Å². The number of methoxy groups -OCH3 is 1. The van der Waals surface area contributed by atoms with Crippen LogP contribution in [0.3, 0.4) is 0 Å². The molecule has 1 atom stereocenters. The predicted octanol–water partition coefficient (Wildman–Crippen LogP) is 2.62. The molecule has 0 fully saturated rings. The third-order valence-corrected chi connectivity index (χ3v) is 2.17. The Kier molecular flexibility index (Phi) is 4.51. The van der Waals surface area contributed by atoms with E-state index in [-0.39, 0.29) is 17.4 Å². The van der Waals surface area contributed by atoms with Crippen LogP contribution in [0.15, 0.2) is 30.3 Å². The van der Waals surface area contributed by atoms with Crippen LogP contribution in [-0.4, -0.2) is 18.6 Å². The van der Waals surface area contributed by atoms with Crippen LogP contribution in [0.1, 0.15) is 12.5 Å². The van der Waals surface area contributed by atoms with E-state index < -0.39 is 0 Å². The van der Waals surface area contributed by atoms with Gasteiger partial charge in [-0.1, -0.05) is 31.2 Å². The van der Waals surface area contributed by atoms with Gasteiger partial charge in [-0.3, -0.25) is 10.1 Å². The summed E-state index contributed by atoms with van der Waals surface area (Å²) in [4.78, 5) is 9.96. The van der Waals surface area contributed by atoms with E-state index in [1.54, 1.807) is 7.11 Å². The van der Waals surface area contributed by atoms with E-state index >= 15 is 0 Å². The lowest BCUT2D eigenvalue weighted by Gasteiger charge is -2.01. The Bertz CT molecular complexity index is 370. The maximum atomic E-state index is 10.3. The zero-order valence-corrected chi connectivity index (χ0v) is 9.42. The van der Waals surface area contributed by atoms with E-state index in [0.29, 0.717) is 0 Å². The van der Waals surface area contributed by atoms with Crippen molar-refractivity contribution in [3.05, 3.63) is 46.0 Å². The molecule has 0 unspecified atom stereocenters. The summed E-state index contributed by atoms with van der Waals surface area (Å²) in [6.07, 6.45) is 3.72. The van der Waals surface area contributed by atoms with Crippen molar-refractivity contribution in [2.75, 3.05) is 13.7 Å². The minimum Gasteiger partial charge on any atom is -0.497 e. The molecule has 0 radical (unpaired) electrons. The van der Waals surface area contributed by atoms with Crippen LogP contribution in [0.2, 0.25) is 0 Å². The topological polar surface area (TPSA) is 52.4 Å². The van der Waals surface area contributed by atoms with Crippen LogP contribution in [0.4, 0.5) is 0 Å². The molecule has 1 rings (SSSR count). The molecule has 0 N–H and O–H groups in total. The second kappa shape index (κ2) is 5.90. The van der Waals surface area contributed by atoms with E-state index in [2.05, 4.69) is 0 Å². The van der Waals surface area contributed by atoms with Crippen LogP contribution in [-0.2, 0) is 0 Å². The van der Waals surface area contributed by atoms with Gasteiger partial charge >= 0.3 is 0 Å². The molecule has 1 aromatic carbocycles. The Labute approximate surface area is 94.7 Å². The Balaban J connectivity index is 2.58. The van der Waals surface area contributed by atoms with Crippen LogP contribution in [0.5, 0.6) is 5.75 Å². The van der Waals surface area contributed by atoms with Gasteiger partial charge in [0, 0.05) is 10.8 Å². The molecule has 0 saturated carbocycles. The van der Waals surface area contributed by atoms with Crippen molar-refractivity contribution in [1.29, 1.82) is 0 Å². The minimum absolute atomic E-state index is 0.0351. The number of hydrogen-bond donors (Lipinski definition) is 0. The molecule has 0 heterocycles. The predicted molar refractivity (Wildman–Crippen MR) is 63.1 cm³/mol. The number of hydrogen-bond acceptors (Lipinski definition) is 3. The Morgan fingerprint density at radius 1 is 1.44 bits per heavy atom. The summed E-state index contributed by atoms with van der Waals surface area (Å²) in [6.45, 7) is 1.79. The third kappa shape index (κ3) is 4.13. The van der Waals surface area contributed by atoms with Crippen LogP contribution < -0.4 is 4.74 Å². The van der Waals surface area contributed by atoms with Gasteiger partial charge in [-0.2, -0.15) is 0 Å². The van der Waals surface area contributed by atoms with Gasteiger partial charge in [0.1, 0.15) is 5.75 Å². The van der Waals surface area contributed by atoms with Crippen molar-refractivity contribution >= 4 is 6.08 Å². The number of ether oxygens (including phenoxy) is 1. The van der Waals surface area contributed by atoms with Gasteiger partial charge in [-0.25, -0.2) is 0 Å². The fourth-order valence-electron chi connectivity index (χ4n) is 1.29. The van der Waals surface area contributed by atoms with Gasteiger partial charge in [0.25, 0.3) is 0 Å². The lowest BCUT2D eigenvalue weighted by atomic mass is 10.1. The first-order valence-electron chi connectivity index (χ1n) is 5.06. The molecule has 86 valence electrons. The van der Waals surface area contributed by atoms with Crippen LogP contribution in [0.25, 0.3) is 6.08 Å². The second-order valence-corrected chi connectivity index (χ2v) is 3.62. The maximum absolute atomic E-state index is 10.3. The van der Waals surface area contributed by atoms with Gasteiger partial charge in [-0.05, 0) is 17.7 Å². The van der Waals surface area contributed by atoms with Gasteiger partial charge in [0.2, 0.25) is 6.54 Å². The lowest BCUT2D eigenvalue weighted by Crippen LogP contribution is -2.08. The van der Waals surface area contributed by atoms with Gasteiger partial charge in [0.05, 0.1) is 7.11 Å². The molecule has 0 aliphatic heterocycles. The molecule has 0 amide bonds. The van der Waals surface area contributed by atoms with Crippen molar-refractivity contribution in [3.8, 4) is 5.75 Å². The highest BCUT2D eigenvalue weighted by Gasteiger charge is 2.04. The highest BCUT2D eigenvalue weighted by atomic mass is 16.6. The average Bonchev–Trinajstić information content (AvgIpc) is 2.26. The summed E-state index contributed by atoms with van der Waals surface area (Å²) in [7, 11) is 1.62. The SMILES string of the molecule is COc1ccc(/C=C/[C@@H](C)C[N+](=O)[O-])cc1. The van der Waals surface area contributed by atoms with E-state index in [1.165, 1.54) is 0 Å². The Morgan fingerprint density at radius 3 is 2.56 bits per heavy atom. The summed E-state index contributed by atoms with van der Waals surface area (Å²) >= 11 is 0. The zero-order chi connectivity index (χ0) is 12.0. The molecule has 16 heavy (non-hydrogen) atoms. The normalized spacial score (nSPS) is 12.6. The molecule has 4 nitrogen and oxygen atoms in total. The monoisotopic (exact) mass is 221 g/mol. The summed E-state index contributed by atoms with van der Waals surface area (Å²) < 4.78 is 5.03. The van der Waals surface area contributed by atoms with E-state index in [1.807, 2.05) is 43.3 Å². The van der Waals surface area contributed by atoms with Crippen molar-refractivity contribution in [1.82, 2.24) is 0 Å². The quantitative estimate of drug-likeness (QED) is 0.567. The largest absolute Gasteiger partial charge is 0.497 e. The summed E-state index contributed by atoms with van der Waals surface area (Å²) in [6, 6.07) is 7.54. The fraction of sp³-hybridized carbons (Fsp3) is 0.333. The smallest absolute Gasteiger partial charge is 0.209 e. The Hall–Kier alpha value is -1.84. The number of benzene rings is 1. The maximum Gasteiger partial charge on any atom is 0.209 e. The zero-order valence-electron chi connectivity index (χ0n) is 9.42. The molecular weight excluding hydrogens is 206 g/mol. The number of rotatable bonds is 5. The van der Waals surface area contributed by atoms with Crippen molar-refractivity contribution < 1.29 is 9.66 Å². The summed E-state index contributed by atoms with van der Waals surface area (Å²) in [5, 5.41) is 10.3. The first-order valence-corrected chi connectivity index (χ1v) is 5.06. The van der Waals surface area contributed by atoms with Crippen molar-refractivity contribution in [2.24, 2.45) is 5.92 Å². The van der Waals surface area contributed by atoms with E-state index in [4.69, 9.17) is 4.74 Å². The molecule has 1 aromatic rings. The molecule has 0 aromatic heterocycles. The molecule has 0 bridgehead atoms. The molecule has 0 aliphatic carbocycles. The number of nitrogens with zero attached hydrogens (tertiary/aromatic N) is 1. The van der Waals surface area contributed by atoms with Crippen molar-refractivity contribution in [3.63, 3.8) is 0 Å². The van der Waals surface area contributed by atoms with Gasteiger partial charge in [-0.15, -0.1) is 0 Å². The van der Waals surface area contributed by atoms with Gasteiger partial charge < -0.3 is 4.74 Å². The highest BCUT2D eigenvalue weighted by Crippen LogP contribution is 2.13. The number of nitro groups is 1. The molecular formula is C12H15NO3. The van der Waals surface area contributed by atoms with E-state index in [0.717, 1.165) is 11.3 Å². The first-order chi connectivity index (χ1) is 7.61. The summed E-state index contributed by atoms with van der Waals surface area (Å²) in [5.74, 6) is 0.743. The third-order valence-electron chi connectivity index (χ3n) is 2.17. The minimum atomic E-state index is -0.303. The molecule has 0 saturated heterocycles. The second-order valence-electron chi connectivity index (χ2n) is 3.62. The molecule has 4 heteroatoms. The summed E-state index contributed by atoms with van der Waals surface area (Å²) in [5.41, 5.74) is 1.01. The highest BCUT2D eigenvalue weighted by molar-refractivity contribution is 5.50. The van der Waals surface area contributed by atoms with Gasteiger partial charge in [0.15, 0.2) is 0 Å².